The predicted molar refractivity (Wildman–Crippen MR) is 77.5 cm³/mol. The lowest BCUT2D eigenvalue weighted by Gasteiger charge is -2.02. The van der Waals surface area contributed by atoms with E-state index in [9.17, 15) is 4.79 Å². The van der Waals surface area contributed by atoms with Gasteiger partial charge in [0.25, 0.3) is 0 Å². The van der Waals surface area contributed by atoms with Gasteiger partial charge in [-0.05, 0) is 26.2 Å². The Morgan fingerprint density at radius 2 is 1.67 bits per heavy atom. The Morgan fingerprint density at radius 1 is 1.06 bits per heavy atom. The molecule has 0 aliphatic carbocycles. The van der Waals surface area contributed by atoms with Gasteiger partial charge in [-0.15, -0.1) is 6.58 Å². The zero-order chi connectivity index (χ0) is 13.5. The first kappa shape index (κ1) is 16.9. The highest BCUT2D eigenvalue weighted by atomic mass is 16.5. The molecule has 0 aliphatic rings. The Kier molecular flexibility index (Phi) is 13.2. The maximum Gasteiger partial charge on any atom is 0.306 e. The van der Waals surface area contributed by atoms with Gasteiger partial charge in [-0.3, -0.25) is 4.79 Å². The molecule has 0 N–H and O–H groups in total. The van der Waals surface area contributed by atoms with Crippen LogP contribution in [0.1, 0.15) is 64.7 Å². The summed E-state index contributed by atoms with van der Waals surface area (Å²) in [5.41, 5.74) is 0. The van der Waals surface area contributed by atoms with Crippen molar-refractivity contribution in [2.75, 3.05) is 6.61 Å². The van der Waals surface area contributed by atoms with Crippen LogP contribution in [0.2, 0.25) is 0 Å². The molecule has 0 rings (SSSR count). The second-order valence-electron chi connectivity index (χ2n) is 4.55. The fourth-order valence-electron chi connectivity index (χ4n) is 1.75. The quantitative estimate of drug-likeness (QED) is 0.283. The van der Waals surface area contributed by atoms with Crippen LogP contribution in [0.15, 0.2) is 24.8 Å². The highest BCUT2D eigenvalue weighted by Crippen LogP contribution is 2.10. The molecule has 0 aromatic heterocycles. The van der Waals surface area contributed by atoms with Crippen molar-refractivity contribution >= 4 is 5.97 Å². The molecule has 18 heavy (non-hydrogen) atoms. The van der Waals surface area contributed by atoms with Gasteiger partial charge >= 0.3 is 5.97 Å². The van der Waals surface area contributed by atoms with E-state index in [4.69, 9.17) is 4.74 Å². The number of allylic oxidation sites excluding steroid dienone is 2. The summed E-state index contributed by atoms with van der Waals surface area (Å²) >= 11 is 0. The number of hydrogen-bond donors (Lipinski definition) is 0. The van der Waals surface area contributed by atoms with Gasteiger partial charge in [0.2, 0.25) is 0 Å². The maximum absolute atomic E-state index is 11.3. The molecule has 0 bridgehead atoms. The molecular formula is C16H28O2. The van der Waals surface area contributed by atoms with Gasteiger partial charge < -0.3 is 4.74 Å². The summed E-state index contributed by atoms with van der Waals surface area (Å²) in [6, 6.07) is 0. The second kappa shape index (κ2) is 14.0. The fraction of sp³-hybridized carbons (Fsp3) is 0.688. The Morgan fingerprint density at radius 3 is 2.28 bits per heavy atom. The third-order valence-corrected chi connectivity index (χ3v) is 2.87. The first-order valence-electron chi connectivity index (χ1n) is 7.19. The number of ether oxygens (including phenoxy) is 1. The van der Waals surface area contributed by atoms with Gasteiger partial charge in [-0.2, -0.15) is 0 Å². The van der Waals surface area contributed by atoms with Gasteiger partial charge in [-0.25, -0.2) is 0 Å². The third-order valence-electron chi connectivity index (χ3n) is 2.87. The van der Waals surface area contributed by atoms with E-state index in [-0.39, 0.29) is 5.97 Å². The molecule has 0 saturated carbocycles. The third kappa shape index (κ3) is 13.0. The number of unbranched alkanes of at least 4 members (excludes halogenated alkanes) is 7. The van der Waals surface area contributed by atoms with Crippen molar-refractivity contribution in [3.05, 3.63) is 24.8 Å². The lowest BCUT2D eigenvalue weighted by molar-refractivity contribution is -0.142. The molecule has 0 aromatic carbocycles. The lowest BCUT2D eigenvalue weighted by Crippen LogP contribution is -2.03. The minimum absolute atomic E-state index is 0.0703. The maximum atomic E-state index is 11.3. The Balaban J connectivity index is 3.14. The van der Waals surface area contributed by atoms with E-state index in [0.29, 0.717) is 13.0 Å². The fourth-order valence-corrected chi connectivity index (χ4v) is 1.75. The molecular weight excluding hydrogens is 224 g/mol. The van der Waals surface area contributed by atoms with E-state index in [1.807, 2.05) is 25.2 Å². The molecule has 2 nitrogen and oxygen atoms in total. The molecule has 0 amide bonds. The largest absolute Gasteiger partial charge is 0.461 e. The van der Waals surface area contributed by atoms with Crippen molar-refractivity contribution in [3.8, 4) is 0 Å². The predicted octanol–water partition coefficient (Wildman–Crippen LogP) is 4.80. The molecule has 2 heteroatoms. The van der Waals surface area contributed by atoms with E-state index in [1.54, 1.807) is 0 Å². The summed E-state index contributed by atoms with van der Waals surface area (Å²) in [6.45, 7) is 6.05. The molecule has 0 radical (unpaired) electrons. The average molecular weight is 252 g/mol. The smallest absolute Gasteiger partial charge is 0.306 e. The highest BCUT2D eigenvalue weighted by Gasteiger charge is 2.00. The van der Waals surface area contributed by atoms with Crippen LogP contribution in [0.5, 0.6) is 0 Å². The number of esters is 1. The van der Waals surface area contributed by atoms with Crippen molar-refractivity contribution in [2.45, 2.75) is 64.7 Å². The van der Waals surface area contributed by atoms with Crippen molar-refractivity contribution in [1.29, 1.82) is 0 Å². The van der Waals surface area contributed by atoms with Crippen molar-refractivity contribution < 1.29 is 9.53 Å². The minimum Gasteiger partial charge on any atom is -0.461 e. The first-order valence-corrected chi connectivity index (χ1v) is 7.19. The summed E-state index contributed by atoms with van der Waals surface area (Å²) in [5.74, 6) is -0.0703. The molecule has 0 aliphatic heterocycles. The zero-order valence-electron chi connectivity index (χ0n) is 11.8. The van der Waals surface area contributed by atoms with Crippen LogP contribution in [-0.4, -0.2) is 12.6 Å². The van der Waals surface area contributed by atoms with E-state index < -0.39 is 0 Å². The van der Waals surface area contributed by atoms with Crippen LogP contribution < -0.4 is 0 Å². The molecule has 0 unspecified atom stereocenters. The first-order chi connectivity index (χ1) is 8.81. The van der Waals surface area contributed by atoms with Gasteiger partial charge in [-0.1, -0.05) is 50.3 Å². The summed E-state index contributed by atoms with van der Waals surface area (Å²) in [6.07, 6.45) is 15.9. The lowest BCUT2D eigenvalue weighted by atomic mass is 10.1. The summed E-state index contributed by atoms with van der Waals surface area (Å²) < 4.78 is 5.02. The van der Waals surface area contributed by atoms with Crippen LogP contribution >= 0.6 is 0 Å². The molecule has 0 spiro atoms. The SMILES string of the molecule is C=CCCCCCCCCCC(=O)OCC=CC. The van der Waals surface area contributed by atoms with Crippen LogP contribution in [0, 0.1) is 0 Å². The molecule has 0 saturated heterocycles. The topological polar surface area (TPSA) is 26.3 Å². The standard InChI is InChI=1S/C16H28O2/c1-3-5-7-8-9-10-11-12-13-14-16(17)18-15-6-4-2/h3-4,6H,1,5,7-15H2,2H3. The van der Waals surface area contributed by atoms with Crippen molar-refractivity contribution in [2.24, 2.45) is 0 Å². The van der Waals surface area contributed by atoms with E-state index in [2.05, 4.69) is 6.58 Å². The number of rotatable bonds is 12. The molecule has 104 valence electrons. The van der Waals surface area contributed by atoms with Crippen LogP contribution in [0.4, 0.5) is 0 Å². The summed E-state index contributed by atoms with van der Waals surface area (Å²) in [5, 5.41) is 0. The summed E-state index contributed by atoms with van der Waals surface area (Å²) in [7, 11) is 0. The molecule has 0 fully saturated rings. The molecule has 0 aromatic rings. The van der Waals surface area contributed by atoms with Gasteiger partial charge in [0.05, 0.1) is 0 Å². The van der Waals surface area contributed by atoms with Crippen LogP contribution in [0.25, 0.3) is 0 Å². The monoisotopic (exact) mass is 252 g/mol. The van der Waals surface area contributed by atoms with E-state index in [1.165, 1.54) is 32.1 Å². The molecule has 0 heterocycles. The zero-order valence-corrected chi connectivity index (χ0v) is 11.8. The molecule has 0 atom stereocenters. The van der Waals surface area contributed by atoms with Crippen LogP contribution in [-0.2, 0) is 9.53 Å². The van der Waals surface area contributed by atoms with Crippen molar-refractivity contribution in [1.82, 2.24) is 0 Å². The average Bonchev–Trinajstić information content (AvgIpc) is 2.37. The Bertz CT molecular complexity index is 231. The number of carbonyl (C=O) groups excluding carboxylic acids is 1. The van der Waals surface area contributed by atoms with E-state index >= 15 is 0 Å². The van der Waals surface area contributed by atoms with Gasteiger partial charge in [0.1, 0.15) is 6.61 Å². The number of carbonyl (C=O) groups is 1. The van der Waals surface area contributed by atoms with Gasteiger partial charge in [0.15, 0.2) is 0 Å². The number of hydrogen-bond acceptors (Lipinski definition) is 2. The Labute approximate surface area is 112 Å². The minimum atomic E-state index is -0.0703. The highest BCUT2D eigenvalue weighted by molar-refractivity contribution is 5.69. The Hall–Kier alpha value is -1.05. The van der Waals surface area contributed by atoms with Crippen molar-refractivity contribution in [3.63, 3.8) is 0 Å². The van der Waals surface area contributed by atoms with E-state index in [0.717, 1.165) is 19.3 Å². The van der Waals surface area contributed by atoms with Crippen LogP contribution in [0.3, 0.4) is 0 Å². The normalized spacial score (nSPS) is 10.7. The van der Waals surface area contributed by atoms with Gasteiger partial charge in [0, 0.05) is 6.42 Å². The second-order valence-corrected chi connectivity index (χ2v) is 4.55. The summed E-state index contributed by atoms with van der Waals surface area (Å²) in [4.78, 5) is 11.3.